The van der Waals surface area contributed by atoms with Crippen molar-refractivity contribution >= 4 is 19.2 Å². The summed E-state index contributed by atoms with van der Waals surface area (Å²) in [5, 5.41) is 0. The lowest BCUT2D eigenvalue weighted by Gasteiger charge is -2.38. The first-order valence-corrected chi connectivity index (χ1v) is 13.1. The fourth-order valence-corrected chi connectivity index (χ4v) is 9.97. The van der Waals surface area contributed by atoms with E-state index >= 15 is 0 Å². The van der Waals surface area contributed by atoms with Crippen LogP contribution in [0, 0.1) is 11.5 Å². The zero-order valence-electron chi connectivity index (χ0n) is 20.4. The van der Waals surface area contributed by atoms with Crippen LogP contribution in [-0.2, 0) is 25.4 Å². The van der Waals surface area contributed by atoms with Gasteiger partial charge in [0.1, 0.15) is 8.07 Å². The molecule has 0 N–H and O–H groups in total. The van der Waals surface area contributed by atoms with Crippen LogP contribution in [0.15, 0.2) is 15.9 Å². The molecule has 0 aromatic carbocycles. The Balaban J connectivity index is 2.33. The second-order valence-electron chi connectivity index (χ2n) is 9.37. The van der Waals surface area contributed by atoms with Crippen molar-refractivity contribution in [3.63, 3.8) is 0 Å². The number of imidazole rings is 1. The van der Waals surface area contributed by atoms with Crippen LogP contribution in [0.5, 0.6) is 0 Å². The van der Waals surface area contributed by atoms with E-state index in [0.717, 1.165) is 4.57 Å². The van der Waals surface area contributed by atoms with E-state index in [1.807, 2.05) is 0 Å². The molecule has 1 atom stereocenters. The molecular formula is C22H34F2N4O3Si. The zero-order chi connectivity index (χ0) is 24.6. The number of hydrogen-bond donors (Lipinski definition) is 0. The maximum atomic E-state index is 14.7. The van der Waals surface area contributed by atoms with Gasteiger partial charge in [-0.05, 0) is 29.5 Å². The van der Waals surface area contributed by atoms with E-state index < -0.39 is 31.5 Å². The van der Waals surface area contributed by atoms with Crippen LogP contribution < -0.4 is 11.2 Å². The molecule has 0 spiro atoms. The van der Waals surface area contributed by atoms with Crippen LogP contribution in [0.4, 0.5) is 8.78 Å². The Hall–Kier alpha value is -2.25. The van der Waals surface area contributed by atoms with E-state index in [1.165, 1.54) is 36.5 Å². The molecule has 178 valence electrons. The minimum absolute atomic E-state index is 0.0394. The number of rotatable bonds is 7. The maximum Gasteiger partial charge on any atom is 0.422 e. The molecule has 0 aliphatic rings. The van der Waals surface area contributed by atoms with Crippen molar-refractivity contribution < 1.29 is 13.5 Å². The van der Waals surface area contributed by atoms with E-state index in [4.69, 9.17) is 4.74 Å². The lowest BCUT2D eigenvalue weighted by atomic mass is 10.4. The number of hydrogen-bond acceptors (Lipinski definition) is 4. The molecule has 0 amide bonds. The molecule has 7 nitrogen and oxygen atoms in total. The van der Waals surface area contributed by atoms with Crippen LogP contribution in [-0.4, -0.2) is 39.0 Å². The predicted molar refractivity (Wildman–Crippen MR) is 125 cm³/mol. The van der Waals surface area contributed by atoms with Crippen molar-refractivity contribution in [2.45, 2.75) is 83.8 Å². The summed E-state index contributed by atoms with van der Waals surface area (Å²) in [4.78, 5) is 28.7. The van der Waals surface area contributed by atoms with Crippen LogP contribution in [0.1, 0.15) is 48.5 Å². The second-order valence-corrected chi connectivity index (χ2v) is 14.9. The van der Waals surface area contributed by atoms with Crippen molar-refractivity contribution in [3.05, 3.63) is 27.2 Å². The Kier molecular flexibility index (Phi) is 7.57. The standard InChI is InChI=1S/C22H34F2N4O3Si/c1-14(2)32(15(3)4,16(5)6)11-10-22(23,24)31-17(7)12-28-13-25-19-18(28)20(29)27(9)21(30)26(19)8/h13-17H,12H2,1-9H3. The Labute approximate surface area is 188 Å². The van der Waals surface area contributed by atoms with Crippen molar-refractivity contribution in [1.29, 1.82) is 0 Å². The number of aromatic nitrogens is 4. The van der Waals surface area contributed by atoms with Crippen LogP contribution in [0.25, 0.3) is 11.2 Å². The Morgan fingerprint density at radius 1 is 1.03 bits per heavy atom. The fourth-order valence-electron chi connectivity index (χ4n) is 4.75. The van der Waals surface area contributed by atoms with Crippen molar-refractivity contribution in [2.24, 2.45) is 14.1 Å². The Morgan fingerprint density at radius 2 is 1.56 bits per heavy atom. The summed E-state index contributed by atoms with van der Waals surface area (Å²) in [7, 11) is 0.534. The maximum absolute atomic E-state index is 14.7. The van der Waals surface area contributed by atoms with Gasteiger partial charge in [0, 0.05) is 14.1 Å². The molecule has 2 heterocycles. The molecule has 2 aromatic rings. The molecule has 32 heavy (non-hydrogen) atoms. The van der Waals surface area contributed by atoms with Crippen molar-refractivity contribution in [2.75, 3.05) is 0 Å². The molecule has 0 fully saturated rings. The van der Waals surface area contributed by atoms with Gasteiger partial charge in [0.25, 0.3) is 5.56 Å². The third kappa shape index (κ3) is 4.74. The van der Waals surface area contributed by atoms with Gasteiger partial charge in [-0.25, -0.2) is 9.78 Å². The number of alkyl halides is 2. The third-order valence-electron chi connectivity index (χ3n) is 6.31. The smallest absolute Gasteiger partial charge is 0.322 e. The highest BCUT2D eigenvalue weighted by Crippen LogP contribution is 2.41. The van der Waals surface area contributed by atoms with Crippen molar-refractivity contribution in [3.8, 4) is 11.5 Å². The van der Waals surface area contributed by atoms with Gasteiger partial charge in [-0.2, -0.15) is 8.78 Å². The van der Waals surface area contributed by atoms with Crippen LogP contribution >= 0.6 is 0 Å². The number of nitrogens with zero attached hydrogens (tertiary/aromatic N) is 4. The largest absolute Gasteiger partial charge is 0.422 e. The average molecular weight is 469 g/mol. The normalized spacial score (nSPS) is 13.8. The van der Waals surface area contributed by atoms with E-state index in [1.54, 1.807) is 0 Å². The third-order valence-corrected chi connectivity index (χ3v) is 12.6. The minimum Gasteiger partial charge on any atom is -0.322 e. The SMILES string of the molecule is CC(Cn1cnc2c1c(=O)n(C)c(=O)n2C)OC(F)(F)C#C[Si](C(C)C)(C(C)C)C(C)C. The van der Waals surface area contributed by atoms with Gasteiger partial charge in [-0.1, -0.05) is 41.5 Å². The number of fused-ring (bicyclic) bond motifs is 1. The summed E-state index contributed by atoms with van der Waals surface area (Å²) in [5.41, 5.74) is 2.98. The second kappa shape index (κ2) is 9.31. The highest BCUT2D eigenvalue weighted by Gasteiger charge is 2.43. The van der Waals surface area contributed by atoms with E-state index in [2.05, 4.69) is 58.0 Å². The molecule has 0 aliphatic carbocycles. The quantitative estimate of drug-likeness (QED) is 0.459. The lowest BCUT2D eigenvalue weighted by molar-refractivity contribution is -0.218. The molecule has 0 radical (unpaired) electrons. The lowest BCUT2D eigenvalue weighted by Crippen LogP contribution is -2.44. The van der Waals surface area contributed by atoms with Crippen LogP contribution in [0.2, 0.25) is 16.6 Å². The van der Waals surface area contributed by atoms with Gasteiger partial charge in [-0.15, -0.1) is 5.54 Å². The number of ether oxygens (including phenoxy) is 1. The zero-order valence-corrected chi connectivity index (χ0v) is 21.4. The summed E-state index contributed by atoms with van der Waals surface area (Å²) < 4.78 is 38.0. The summed E-state index contributed by atoms with van der Waals surface area (Å²) in [6.45, 7) is 13.8. The Morgan fingerprint density at radius 3 is 2.06 bits per heavy atom. The van der Waals surface area contributed by atoms with Gasteiger partial charge < -0.3 is 9.30 Å². The molecule has 0 saturated heterocycles. The summed E-state index contributed by atoms with van der Waals surface area (Å²) in [5.74, 6) is 2.15. The van der Waals surface area contributed by atoms with Crippen LogP contribution in [0.3, 0.4) is 0 Å². The van der Waals surface area contributed by atoms with Gasteiger partial charge in [0.05, 0.1) is 19.0 Å². The molecule has 2 rings (SSSR count). The van der Waals surface area contributed by atoms with Gasteiger partial charge in [0.2, 0.25) is 0 Å². The molecule has 10 heteroatoms. The summed E-state index contributed by atoms with van der Waals surface area (Å²) >= 11 is 0. The minimum atomic E-state index is -3.62. The first-order chi connectivity index (χ1) is 14.7. The molecule has 1 unspecified atom stereocenters. The monoisotopic (exact) mass is 468 g/mol. The van der Waals surface area contributed by atoms with Gasteiger partial charge in [0.15, 0.2) is 11.2 Å². The number of halogens is 2. The predicted octanol–water partition coefficient (Wildman–Crippen LogP) is 3.65. The summed E-state index contributed by atoms with van der Waals surface area (Å²) in [6.07, 6.45) is -3.22. The average Bonchev–Trinajstić information content (AvgIpc) is 3.07. The Bertz CT molecular complexity index is 1130. The highest BCUT2D eigenvalue weighted by molar-refractivity contribution is 6.90. The molecule has 2 aromatic heterocycles. The van der Waals surface area contributed by atoms with Crippen molar-refractivity contribution in [1.82, 2.24) is 18.7 Å². The van der Waals surface area contributed by atoms with E-state index in [9.17, 15) is 18.4 Å². The fraction of sp³-hybridized carbons (Fsp3) is 0.682. The molecular weight excluding hydrogens is 434 g/mol. The molecule has 0 saturated carbocycles. The number of aryl methyl sites for hydroxylation is 1. The first-order valence-electron chi connectivity index (χ1n) is 10.9. The topological polar surface area (TPSA) is 71.0 Å². The van der Waals surface area contributed by atoms with Gasteiger partial charge >= 0.3 is 11.8 Å². The van der Waals surface area contributed by atoms with E-state index in [-0.39, 0.29) is 34.3 Å². The highest BCUT2D eigenvalue weighted by atomic mass is 28.3. The summed E-state index contributed by atoms with van der Waals surface area (Å²) in [6, 6.07) is 0. The first kappa shape index (κ1) is 26.0. The van der Waals surface area contributed by atoms with Gasteiger partial charge in [-0.3, -0.25) is 13.9 Å². The molecule has 0 aliphatic heterocycles. The van der Waals surface area contributed by atoms with E-state index in [0.29, 0.717) is 0 Å². The molecule has 0 bridgehead atoms.